The van der Waals surface area contributed by atoms with Gasteiger partial charge in [-0.1, -0.05) is 67.1 Å². The van der Waals surface area contributed by atoms with E-state index in [2.05, 4.69) is 10.6 Å². The number of amides is 2. The Kier molecular flexibility index (Phi) is 13.6. The lowest BCUT2D eigenvalue weighted by Gasteiger charge is -2.18. The molecule has 0 aliphatic rings. The van der Waals surface area contributed by atoms with Crippen LogP contribution < -0.4 is 16.4 Å². The van der Waals surface area contributed by atoms with Gasteiger partial charge in [-0.25, -0.2) is 4.79 Å². The summed E-state index contributed by atoms with van der Waals surface area (Å²) in [5, 5.41) is 5.53. The summed E-state index contributed by atoms with van der Waals surface area (Å²) in [6, 6.07) is 18.2. The number of alkyl carbamates (subject to hydrolysis) is 1. The van der Waals surface area contributed by atoms with Crippen molar-refractivity contribution >= 4 is 18.0 Å². The van der Waals surface area contributed by atoms with Crippen LogP contribution in [-0.2, 0) is 32.3 Å². The molecule has 2 aromatic rings. The minimum absolute atomic E-state index is 0.137. The van der Waals surface area contributed by atoms with Crippen molar-refractivity contribution in [1.82, 2.24) is 10.6 Å². The van der Waals surface area contributed by atoms with Crippen LogP contribution in [0.4, 0.5) is 4.79 Å². The molecule has 4 N–H and O–H groups in total. The van der Waals surface area contributed by atoms with Crippen LogP contribution in [0.2, 0.25) is 0 Å². The Hall–Kier alpha value is -3.39. The first-order chi connectivity index (χ1) is 17.1. The van der Waals surface area contributed by atoms with Crippen LogP contribution in [0.1, 0.15) is 56.1 Å². The summed E-state index contributed by atoms with van der Waals surface area (Å²) in [5.41, 5.74) is 7.39. The van der Waals surface area contributed by atoms with Crippen molar-refractivity contribution in [3.05, 3.63) is 71.8 Å². The van der Waals surface area contributed by atoms with E-state index >= 15 is 0 Å². The van der Waals surface area contributed by atoms with Crippen molar-refractivity contribution in [2.24, 2.45) is 5.73 Å². The molecule has 0 spiro atoms. The topological polar surface area (TPSA) is 120 Å². The second-order valence-corrected chi connectivity index (χ2v) is 8.29. The standard InChI is InChI=1S/C27H37N3O5/c28-18-10-9-16-24(30-27(33)35-21-23-14-6-2-7-15-23)26(32)29-19-11-3-8-17-25(31)34-20-22-12-4-1-5-13-22/h1-2,4-7,12-15,24H,3,8-11,16-21,28H2,(H,29,32)(H,30,33)/t24-/m0/s1. The van der Waals surface area contributed by atoms with Gasteiger partial charge in [0.15, 0.2) is 0 Å². The van der Waals surface area contributed by atoms with Gasteiger partial charge < -0.3 is 25.8 Å². The fourth-order valence-corrected chi connectivity index (χ4v) is 3.38. The molecule has 190 valence electrons. The summed E-state index contributed by atoms with van der Waals surface area (Å²) in [4.78, 5) is 36.7. The zero-order valence-electron chi connectivity index (χ0n) is 20.2. The Bertz CT molecular complexity index is 877. The molecular formula is C27H37N3O5. The number of ether oxygens (including phenoxy) is 2. The summed E-state index contributed by atoms with van der Waals surface area (Å²) < 4.78 is 10.5. The van der Waals surface area contributed by atoms with Gasteiger partial charge >= 0.3 is 12.1 Å². The minimum Gasteiger partial charge on any atom is -0.461 e. The normalized spacial score (nSPS) is 11.3. The highest BCUT2D eigenvalue weighted by Gasteiger charge is 2.20. The summed E-state index contributed by atoms with van der Waals surface area (Å²) in [6.07, 6.45) is 3.89. The second-order valence-electron chi connectivity index (χ2n) is 8.29. The first-order valence-corrected chi connectivity index (χ1v) is 12.2. The molecular weight excluding hydrogens is 446 g/mol. The molecule has 35 heavy (non-hydrogen) atoms. The van der Waals surface area contributed by atoms with E-state index in [1.807, 2.05) is 60.7 Å². The lowest BCUT2D eigenvalue weighted by molar-refractivity contribution is -0.145. The Morgan fingerprint density at radius 2 is 1.40 bits per heavy atom. The SMILES string of the molecule is NCCCC[C@H](NC(=O)OCc1ccccc1)C(=O)NCCCCCC(=O)OCc1ccccc1. The number of benzene rings is 2. The lowest BCUT2D eigenvalue weighted by Crippen LogP contribution is -2.47. The second kappa shape index (κ2) is 17.1. The van der Waals surface area contributed by atoms with Crippen LogP contribution in [0.15, 0.2) is 60.7 Å². The van der Waals surface area contributed by atoms with E-state index in [0.29, 0.717) is 32.4 Å². The zero-order chi connectivity index (χ0) is 25.1. The Balaban J connectivity index is 1.63. The molecule has 0 unspecified atom stereocenters. The maximum absolute atomic E-state index is 12.6. The highest BCUT2D eigenvalue weighted by Crippen LogP contribution is 2.06. The molecule has 8 nitrogen and oxygen atoms in total. The van der Waals surface area contributed by atoms with Gasteiger partial charge in [0.1, 0.15) is 19.3 Å². The van der Waals surface area contributed by atoms with E-state index in [-0.39, 0.29) is 25.1 Å². The van der Waals surface area contributed by atoms with Gasteiger partial charge in [0.2, 0.25) is 5.91 Å². The lowest BCUT2D eigenvalue weighted by atomic mass is 10.1. The zero-order valence-corrected chi connectivity index (χ0v) is 20.2. The Morgan fingerprint density at radius 1 is 0.771 bits per heavy atom. The van der Waals surface area contributed by atoms with Gasteiger partial charge in [0.25, 0.3) is 0 Å². The van der Waals surface area contributed by atoms with Crippen molar-refractivity contribution in [1.29, 1.82) is 0 Å². The summed E-state index contributed by atoms with van der Waals surface area (Å²) in [5.74, 6) is -0.475. The van der Waals surface area contributed by atoms with E-state index in [1.54, 1.807) is 0 Å². The van der Waals surface area contributed by atoms with E-state index in [4.69, 9.17) is 15.2 Å². The highest BCUT2D eigenvalue weighted by molar-refractivity contribution is 5.85. The van der Waals surface area contributed by atoms with Crippen LogP contribution in [0.5, 0.6) is 0 Å². The maximum Gasteiger partial charge on any atom is 0.408 e. The number of esters is 1. The quantitative estimate of drug-likeness (QED) is 0.247. The molecule has 0 aliphatic heterocycles. The number of carbonyl (C=O) groups excluding carboxylic acids is 3. The van der Waals surface area contributed by atoms with Gasteiger partial charge in [0, 0.05) is 13.0 Å². The molecule has 0 bridgehead atoms. The van der Waals surface area contributed by atoms with Crippen molar-refractivity contribution in [3.63, 3.8) is 0 Å². The van der Waals surface area contributed by atoms with Crippen LogP contribution in [0.25, 0.3) is 0 Å². The Morgan fingerprint density at radius 3 is 2.03 bits per heavy atom. The first-order valence-electron chi connectivity index (χ1n) is 12.2. The predicted octanol–water partition coefficient (Wildman–Crippen LogP) is 3.83. The van der Waals surface area contributed by atoms with Crippen LogP contribution >= 0.6 is 0 Å². The summed E-state index contributed by atoms with van der Waals surface area (Å²) >= 11 is 0. The third kappa shape index (κ3) is 12.6. The fourth-order valence-electron chi connectivity index (χ4n) is 3.38. The molecule has 2 amide bonds. The molecule has 0 aromatic heterocycles. The van der Waals surface area contributed by atoms with Crippen LogP contribution in [-0.4, -0.2) is 37.1 Å². The van der Waals surface area contributed by atoms with Crippen LogP contribution in [0, 0.1) is 0 Å². The monoisotopic (exact) mass is 483 g/mol. The first kappa shape index (κ1) is 27.9. The number of nitrogens with two attached hydrogens (primary N) is 1. The largest absolute Gasteiger partial charge is 0.461 e. The molecule has 0 heterocycles. The average Bonchev–Trinajstić information content (AvgIpc) is 2.89. The molecule has 1 atom stereocenters. The third-order valence-electron chi connectivity index (χ3n) is 5.37. The van der Waals surface area contributed by atoms with Crippen LogP contribution in [0.3, 0.4) is 0 Å². The number of carbonyl (C=O) groups is 3. The number of hydrogen-bond acceptors (Lipinski definition) is 6. The van der Waals surface area contributed by atoms with Gasteiger partial charge in [-0.2, -0.15) is 0 Å². The predicted molar refractivity (Wildman–Crippen MR) is 134 cm³/mol. The highest BCUT2D eigenvalue weighted by atomic mass is 16.5. The molecule has 0 saturated heterocycles. The van der Waals surface area contributed by atoms with Crippen molar-refractivity contribution in [2.75, 3.05) is 13.1 Å². The summed E-state index contributed by atoms with van der Waals surface area (Å²) in [7, 11) is 0. The average molecular weight is 484 g/mol. The van der Waals surface area contributed by atoms with Crippen molar-refractivity contribution in [2.45, 2.75) is 64.2 Å². The molecule has 0 radical (unpaired) electrons. The molecule has 0 fully saturated rings. The minimum atomic E-state index is -0.683. The van der Waals surface area contributed by atoms with Crippen molar-refractivity contribution in [3.8, 4) is 0 Å². The maximum atomic E-state index is 12.6. The number of unbranched alkanes of at least 4 members (excludes halogenated alkanes) is 3. The van der Waals surface area contributed by atoms with Gasteiger partial charge in [-0.15, -0.1) is 0 Å². The van der Waals surface area contributed by atoms with E-state index in [9.17, 15) is 14.4 Å². The molecule has 2 aromatic carbocycles. The number of nitrogens with one attached hydrogen (secondary N) is 2. The van der Waals surface area contributed by atoms with Gasteiger partial charge in [-0.3, -0.25) is 9.59 Å². The third-order valence-corrected chi connectivity index (χ3v) is 5.37. The Labute approximate surface area is 207 Å². The van der Waals surface area contributed by atoms with Gasteiger partial charge in [-0.05, 0) is 49.8 Å². The fraction of sp³-hybridized carbons (Fsp3) is 0.444. The van der Waals surface area contributed by atoms with E-state index < -0.39 is 12.1 Å². The molecule has 0 aliphatic carbocycles. The summed E-state index contributed by atoms with van der Waals surface area (Å²) in [6.45, 7) is 1.41. The molecule has 0 saturated carbocycles. The van der Waals surface area contributed by atoms with E-state index in [0.717, 1.165) is 36.8 Å². The van der Waals surface area contributed by atoms with Gasteiger partial charge in [0.05, 0.1) is 0 Å². The molecule has 8 heteroatoms. The van der Waals surface area contributed by atoms with E-state index in [1.165, 1.54) is 0 Å². The molecule has 2 rings (SSSR count). The number of rotatable bonds is 16. The van der Waals surface area contributed by atoms with Crippen molar-refractivity contribution < 1.29 is 23.9 Å². The number of hydrogen-bond donors (Lipinski definition) is 3. The smallest absolute Gasteiger partial charge is 0.408 e.